The average molecular weight is 237 g/mol. The van der Waals surface area contributed by atoms with Crippen molar-refractivity contribution < 1.29 is 14.0 Å². The molecule has 0 aliphatic heterocycles. The second-order valence-electron chi connectivity index (χ2n) is 3.57. The lowest BCUT2D eigenvalue weighted by molar-refractivity contribution is 0.141. The zero-order valence-corrected chi connectivity index (χ0v) is 9.01. The zero-order valence-electron chi connectivity index (χ0n) is 9.01. The van der Waals surface area contributed by atoms with Gasteiger partial charge in [-0.2, -0.15) is 4.98 Å². The Morgan fingerprint density at radius 1 is 1.41 bits per heavy atom. The van der Waals surface area contributed by atoms with E-state index in [0.29, 0.717) is 11.4 Å². The minimum absolute atomic E-state index is 0.00132. The molecule has 1 unspecified atom stereocenters. The van der Waals surface area contributed by atoms with Crippen LogP contribution in [0.25, 0.3) is 0 Å². The number of rotatable bonds is 4. The predicted octanol–water partition coefficient (Wildman–Crippen LogP) is 0.792. The number of nitrogens with two attached hydrogens (primary N) is 1. The molecule has 6 heteroatoms. The van der Waals surface area contributed by atoms with Gasteiger partial charge < -0.3 is 15.4 Å². The molecule has 2 rings (SSSR count). The van der Waals surface area contributed by atoms with Crippen LogP contribution < -0.4 is 5.73 Å². The maximum absolute atomic E-state index is 13.4. The van der Waals surface area contributed by atoms with E-state index >= 15 is 0 Å². The van der Waals surface area contributed by atoms with E-state index in [1.807, 2.05) is 0 Å². The monoisotopic (exact) mass is 237 g/mol. The Bertz CT molecular complexity index is 501. The van der Waals surface area contributed by atoms with Crippen LogP contribution in [0.5, 0.6) is 0 Å². The standard InChI is InChI=1S/C11H12FN3O2/c12-8-4-2-1-3-7(8)5-10-14-11(17-15-10)9(16)6-13/h1-4,9,16H,5-6,13H2. The molecule has 0 saturated heterocycles. The van der Waals surface area contributed by atoms with Gasteiger partial charge in [-0.1, -0.05) is 23.4 Å². The molecule has 1 heterocycles. The molecule has 1 atom stereocenters. The minimum Gasteiger partial charge on any atom is -0.382 e. The summed E-state index contributed by atoms with van der Waals surface area (Å²) in [6.07, 6.45) is -0.759. The lowest BCUT2D eigenvalue weighted by Gasteiger charge is -1.99. The fraction of sp³-hybridized carbons (Fsp3) is 0.273. The van der Waals surface area contributed by atoms with E-state index < -0.39 is 6.10 Å². The molecule has 90 valence electrons. The number of halogens is 1. The molecule has 1 aromatic carbocycles. The summed E-state index contributed by atoms with van der Waals surface area (Å²) in [7, 11) is 0. The van der Waals surface area contributed by atoms with Crippen molar-refractivity contribution >= 4 is 0 Å². The van der Waals surface area contributed by atoms with Gasteiger partial charge in [0.05, 0.1) is 0 Å². The second kappa shape index (κ2) is 5.03. The molecule has 0 spiro atoms. The van der Waals surface area contributed by atoms with Crippen LogP contribution in [-0.2, 0) is 6.42 Å². The van der Waals surface area contributed by atoms with Crippen molar-refractivity contribution in [3.8, 4) is 0 Å². The fourth-order valence-corrected chi connectivity index (χ4v) is 1.39. The summed E-state index contributed by atoms with van der Waals surface area (Å²) in [5, 5.41) is 13.0. The molecule has 17 heavy (non-hydrogen) atoms. The molecule has 0 bridgehead atoms. The van der Waals surface area contributed by atoms with Crippen molar-refractivity contribution in [3.05, 3.63) is 47.4 Å². The molecule has 0 fully saturated rings. The maximum atomic E-state index is 13.4. The number of aromatic nitrogens is 2. The van der Waals surface area contributed by atoms with Gasteiger partial charge in [0.1, 0.15) is 11.9 Å². The van der Waals surface area contributed by atoms with E-state index in [2.05, 4.69) is 10.1 Å². The van der Waals surface area contributed by atoms with Crippen LogP contribution in [0, 0.1) is 5.82 Å². The van der Waals surface area contributed by atoms with E-state index in [9.17, 15) is 9.50 Å². The highest BCUT2D eigenvalue weighted by atomic mass is 19.1. The van der Waals surface area contributed by atoms with E-state index in [0.717, 1.165) is 0 Å². The maximum Gasteiger partial charge on any atom is 0.256 e. The van der Waals surface area contributed by atoms with Crippen molar-refractivity contribution in [2.24, 2.45) is 5.73 Å². The smallest absolute Gasteiger partial charge is 0.256 e. The van der Waals surface area contributed by atoms with Crippen LogP contribution in [0.15, 0.2) is 28.8 Å². The molecule has 5 nitrogen and oxygen atoms in total. The molecule has 0 aliphatic rings. The van der Waals surface area contributed by atoms with Crippen molar-refractivity contribution in [3.63, 3.8) is 0 Å². The van der Waals surface area contributed by atoms with E-state index in [1.165, 1.54) is 6.07 Å². The number of benzene rings is 1. The Morgan fingerprint density at radius 2 is 2.18 bits per heavy atom. The number of hydrogen-bond donors (Lipinski definition) is 2. The highest BCUT2D eigenvalue weighted by Gasteiger charge is 2.15. The SMILES string of the molecule is NCC(O)c1nc(Cc2ccccc2F)no1. The zero-order chi connectivity index (χ0) is 12.3. The first-order chi connectivity index (χ1) is 8.20. The van der Waals surface area contributed by atoms with Gasteiger partial charge >= 0.3 is 0 Å². The Balaban J connectivity index is 2.14. The summed E-state index contributed by atoms with van der Waals surface area (Å²) in [5.74, 6) is 0.0506. The van der Waals surface area contributed by atoms with Gasteiger partial charge in [-0.3, -0.25) is 0 Å². The van der Waals surface area contributed by atoms with Crippen LogP contribution in [0.4, 0.5) is 4.39 Å². The van der Waals surface area contributed by atoms with Gasteiger partial charge in [-0.05, 0) is 11.6 Å². The summed E-state index contributed by atoms with van der Waals surface area (Å²) in [4.78, 5) is 3.94. The lowest BCUT2D eigenvalue weighted by atomic mass is 10.1. The predicted molar refractivity (Wildman–Crippen MR) is 57.5 cm³/mol. The molecule has 1 aromatic heterocycles. The van der Waals surface area contributed by atoms with E-state index in [1.54, 1.807) is 18.2 Å². The topological polar surface area (TPSA) is 85.2 Å². The van der Waals surface area contributed by atoms with Crippen LogP contribution in [0.3, 0.4) is 0 Å². The number of nitrogens with zero attached hydrogens (tertiary/aromatic N) is 2. The molecule has 0 radical (unpaired) electrons. The van der Waals surface area contributed by atoms with Gasteiger partial charge in [0, 0.05) is 13.0 Å². The normalized spacial score (nSPS) is 12.6. The fourth-order valence-electron chi connectivity index (χ4n) is 1.39. The van der Waals surface area contributed by atoms with Crippen LogP contribution >= 0.6 is 0 Å². The highest BCUT2D eigenvalue weighted by molar-refractivity contribution is 5.20. The summed E-state index contributed by atoms with van der Waals surface area (Å²) >= 11 is 0. The first kappa shape index (κ1) is 11.7. The molecule has 2 aromatic rings. The minimum atomic E-state index is -0.975. The van der Waals surface area contributed by atoms with Crippen molar-refractivity contribution in [1.29, 1.82) is 0 Å². The Morgan fingerprint density at radius 3 is 2.88 bits per heavy atom. The van der Waals surface area contributed by atoms with Crippen molar-refractivity contribution in [1.82, 2.24) is 10.1 Å². The largest absolute Gasteiger partial charge is 0.382 e. The van der Waals surface area contributed by atoms with E-state index in [4.69, 9.17) is 10.3 Å². The molecule has 0 saturated carbocycles. The lowest BCUT2D eigenvalue weighted by Crippen LogP contribution is -2.11. The van der Waals surface area contributed by atoms with Crippen LogP contribution in [-0.4, -0.2) is 21.8 Å². The third kappa shape index (κ3) is 2.66. The number of aliphatic hydroxyl groups excluding tert-OH is 1. The van der Waals surface area contributed by atoms with Crippen molar-refractivity contribution in [2.45, 2.75) is 12.5 Å². The molecule has 0 aliphatic carbocycles. The number of aliphatic hydroxyl groups is 1. The van der Waals surface area contributed by atoms with Gasteiger partial charge in [0.25, 0.3) is 5.89 Å². The Hall–Kier alpha value is -1.79. The highest BCUT2D eigenvalue weighted by Crippen LogP contribution is 2.13. The van der Waals surface area contributed by atoms with Gasteiger partial charge in [-0.15, -0.1) is 0 Å². The van der Waals surface area contributed by atoms with Gasteiger partial charge in [0.2, 0.25) is 0 Å². The third-order valence-electron chi connectivity index (χ3n) is 2.30. The molecule has 0 amide bonds. The van der Waals surface area contributed by atoms with Crippen LogP contribution in [0.1, 0.15) is 23.4 Å². The average Bonchev–Trinajstić information content (AvgIpc) is 2.80. The second-order valence-corrected chi connectivity index (χ2v) is 3.57. The summed E-state index contributed by atoms with van der Waals surface area (Å²) < 4.78 is 18.2. The summed E-state index contributed by atoms with van der Waals surface area (Å²) in [6, 6.07) is 6.35. The van der Waals surface area contributed by atoms with Gasteiger partial charge in [-0.25, -0.2) is 4.39 Å². The third-order valence-corrected chi connectivity index (χ3v) is 2.30. The number of hydrogen-bond acceptors (Lipinski definition) is 5. The van der Waals surface area contributed by atoms with Crippen molar-refractivity contribution in [2.75, 3.05) is 6.54 Å². The quantitative estimate of drug-likeness (QED) is 0.821. The Labute approximate surface area is 97.1 Å². The molecular formula is C11H12FN3O2. The van der Waals surface area contributed by atoms with E-state index in [-0.39, 0.29) is 24.7 Å². The Kier molecular flexibility index (Phi) is 3.46. The summed E-state index contributed by atoms with van der Waals surface area (Å²) in [5.41, 5.74) is 5.73. The molecular weight excluding hydrogens is 225 g/mol. The first-order valence-corrected chi connectivity index (χ1v) is 5.14. The first-order valence-electron chi connectivity index (χ1n) is 5.14. The summed E-state index contributed by atoms with van der Waals surface area (Å²) in [6.45, 7) is 0.00132. The van der Waals surface area contributed by atoms with Gasteiger partial charge in [0.15, 0.2) is 5.82 Å². The molecule has 3 N–H and O–H groups in total. The van der Waals surface area contributed by atoms with Crippen LogP contribution in [0.2, 0.25) is 0 Å².